The van der Waals surface area contributed by atoms with E-state index in [1.54, 1.807) is 0 Å². The lowest BCUT2D eigenvalue weighted by molar-refractivity contribution is -0.123. The molecule has 0 aliphatic carbocycles. The Morgan fingerprint density at radius 1 is 1.07 bits per heavy atom. The molecule has 0 radical (unpaired) electrons. The summed E-state index contributed by atoms with van der Waals surface area (Å²) in [5.41, 5.74) is 1.90. The van der Waals surface area contributed by atoms with Crippen molar-refractivity contribution >= 4 is 11.8 Å². The molecule has 6 nitrogen and oxygen atoms in total. The van der Waals surface area contributed by atoms with Crippen LogP contribution in [-0.2, 0) is 4.79 Å². The van der Waals surface area contributed by atoms with Gasteiger partial charge in [-0.15, -0.1) is 0 Å². The zero-order chi connectivity index (χ0) is 19.4. The van der Waals surface area contributed by atoms with E-state index >= 15 is 0 Å². The van der Waals surface area contributed by atoms with Gasteiger partial charge in [0.15, 0.2) is 0 Å². The molecule has 1 N–H and O–H groups in total. The van der Waals surface area contributed by atoms with Crippen molar-refractivity contribution < 1.29 is 9.59 Å². The van der Waals surface area contributed by atoms with Crippen molar-refractivity contribution in [2.75, 3.05) is 46.8 Å². The molecular weight excluding hydrogens is 340 g/mol. The van der Waals surface area contributed by atoms with E-state index < -0.39 is 0 Å². The van der Waals surface area contributed by atoms with Crippen LogP contribution < -0.4 is 5.32 Å². The van der Waals surface area contributed by atoms with Crippen LogP contribution in [0.4, 0.5) is 0 Å². The van der Waals surface area contributed by atoms with Gasteiger partial charge in [0.05, 0.1) is 6.54 Å². The number of nitrogens with zero attached hydrogens (tertiary/aromatic N) is 3. The highest BCUT2D eigenvalue weighted by atomic mass is 16.2. The fourth-order valence-corrected chi connectivity index (χ4v) is 3.96. The molecule has 1 aromatic rings. The van der Waals surface area contributed by atoms with E-state index in [1.165, 1.54) is 0 Å². The second-order valence-electron chi connectivity index (χ2n) is 8.14. The molecule has 2 amide bonds. The highest BCUT2D eigenvalue weighted by Crippen LogP contribution is 2.16. The molecule has 6 heteroatoms. The highest BCUT2D eigenvalue weighted by molar-refractivity contribution is 5.94. The number of hydrogen-bond donors (Lipinski definition) is 1. The summed E-state index contributed by atoms with van der Waals surface area (Å²) < 4.78 is 0. The summed E-state index contributed by atoms with van der Waals surface area (Å²) in [6, 6.07) is 8.45. The molecule has 1 atom stereocenters. The van der Waals surface area contributed by atoms with E-state index in [-0.39, 0.29) is 17.9 Å². The maximum Gasteiger partial charge on any atom is 0.253 e. The number of rotatable bonds is 5. The van der Waals surface area contributed by atoms with E-state index in [2.05, 4.69) is 29.2 Å². The molecule has 148 valence electrons. The molecule has 27 heavy (non-hydrogen) atoms. The molecule has 0 spiro atoms. The number of piperidine rings is 1. The number of likely N-dealkylation sites (N-methyl/N-ethyl adjacent to an activating group) is 1. The van der Waals surface area contributed by atoms with E-state index in [1.807, 2.05) is 36.1 Å². The Labute approximate surface area is 162 Å². The van der Waals surface area contributed by atoms with Gasteiger partial charge in [-0.1, -0.05) is 17.7 Å². The van der Waals surface area contributed by atoms with Crippen molar-refractivity contribution in [2.45, 2.75) is 38.3 Å². The number of aryl methyl sites for hydroxylation is 1. The van der Waals surface area contributed by atoms with Gasteiger partial charge < -0.3 is 15.1 Å². The van der Waals surface area contributed by atoms with Crippen molar-refractivity contribution in [2.24, 2.45) is 0 Å². The zero-order valence-electron chi connectivity index (χ0n) is 16.8. The summed E-state index contributed by atoms with van der Waals surface area (Å²) in [5, 5.41) is 3.16. The number of likely N-dealkylation sites (tertiary alicyclic amines) is 2. The monoisotopic (exact) mass is 372 g/mol. The minimum absolute atomic E-state index is 0.0894. The molecule has 2 fully saturated rings. The number of benzene rings is 1. The second kappa shape index (κ2) is 8.85. The predicted octanol–water partition coefficient (Wildman–Crippen LogP) is 1.35. The van der Waals surface area contributed by atoms with Crippen LogP contribution >= 0.6 is 0 Å². The quantitative estimate of drug-likeness (QED) is 0.848. The maximum absolute atomic E-state index is 12.6. The van der Waals surface area contributed by atoms with Crippen LogP contribution in [0.25, 0.3) is 0 Å². The minimum Gasteiger partial charge on any atom is -0.352 e. The summed E-state index contributed by atoms with van der Waals surface area (Å²) in [5.74, 6) is 0.198. The number of carbonyl (C=O) groups is 2. The van der Waals surface area contributed by atoms with Gasteiger partial charge in [0.1, 0.15) is 0 Å². The molecule has 2 aliphatic heterocycles. The third kappa shape index (κ3) is 5.30. The summed E-state index contributed by atoms with van der Waals surface area (Å²) in [6.07, 6.45) is 2.77. The fraction of sp³-hybridized carbons (Fsp3) is 0.619. The number of hydrogen-bond acceptors (Lipinski definition) is 4. The van der Waals surface area contributed by atoms with E-state index in [9.17, 15) is 9.59 Å². The summed E-state index contributed by atoms with van der Waals surface area (Å²) in [4.78, 5) is 31.3. The summed E-state index contributed by atoms with van der Waals surface area (Å²) in [6.45, 7) is 5.84. The van der Waals surface area contributed by atoms with Gasteiger partial charge in [-0.25, -0.2) is 0 Å². The molecular formula is C21H32N4O2. The molecule has 0 bridgehead atoms. The average molecular weight is 373 g/mol. The lowest BCUT2D eigenvalue weighted by Gasteiger charge is -2.32. The van der Waals surface area contributed by atoms with Crippen molar-refractivity contribution in [1.29, 1.82) is 0 Å². The normalized spacial score (nSPS) is 21.6. The Hall–Kier alpha value is -1.92. The first-order valence-corrected chi connectivity index (χ1v) is 9.96. The SMILES string of the molecule is Cc1ccc(C(=O)N2CCC(NC(=O)CN3CC[C@H](N(C)C)C3)CC2)cc1. The number of carbonyl (C=O) groups excluding carboxylic acids is 2. The first-order chi connectivity index (χ1) is 12.9. The van der Waals surface area contributed by atoms with Crippen LogP contribution in [0.15, 0.2) is 24.3 Å². The first-order valence-electron chi connectivity index (χ1n) is 9.96. The van der Waals surface area contributed by atoms with Crippen LogP contribution in [0, 0.1) is 6.92 Å². The molecule has 2 heterocycles. The van der Waals surface area contributed by atoms with Gasteiger partial charge in [-0.3, -0.25) is 14.5 Å². The molecule has 0 unspecified atom stereocenters. The molecule has 3 rings (SSSR count). The van der Waals surface area contributed by atoms with Gasteiger partial charge in [-0.05, 0) is 52.4 Å². The van der Waals surface area contributed by atoms with Crippen LogP contribution in [0.2, 0.25) is 0 Å². The number of nitrogens with one attached hydrogen (secondary N) is 1. The van der Waals surface area contributed by atoms with Crippen molar-refractivity contribution in [3.05, 3.63) is 35.4 Å². The molecule has 2 aliphatic rings. The van der Waals surface area contributed by atoms with Crippen LogP contribution in [0.1, 0.15) is 35.2 Å². The van der Waals surface area contributed by atoms with E-state index in [0.29, 0.717) is 25.7 Å². The second-order valence-corrected chi connectivity index (χ2v) is 8.14. The van der Waals surface area contributed by atoms with Gasteiger partial charge in [0.2, 0.25) is 5.91 Å². The highest BCUT2D eigenvalue weighted by Gasteiger charge is 2.27. The standard InChI is InChI=1S/C21H32N4O2/c1-16-4-6-17(7-5-16)21(27)25-12-8-18(9-13-25)22-20(26)15-24-11-10-19(14-24)23(2)3/h4-7,18-19H,8-15H2,1-3H3,(H,22,26)/t19-/m0/s1. The fourth-order valence-electron chi connectivity index (χ4n) is 3.96. The van der Waals surface area contributed by atoms with Crippen LogP contribution in [-0.4, -0.2) is 85.4 Å². The topological polar surface area (TPSA) is 55.9 Å². The third-order valence-corrected chi connectivity index (χ3v) is 5.79. The Morgan fingerprint density at radius 2 is 1.74 bits per heavy atom. The van der Waals surface area contributed by atoms with Crippen molar-refractivity contribution in [1.82, 2.24) is 20.0 Å². The summed E-state index contributed by atoms with van der Waals surface area (Å²) >= 11 is 0. The molecule has 0 aromatic heterocycles. The Kier molecular flexibility index (Phi) is 6.50. The third-order valence-electron chi connectivity index (χ3n) is 5.79. The molecule has 2 saturated heterocycles. The molecule has 1 aromatic carbocycles. The van der Waals surface area contributed by atoms with Crippen LogP contribution in [0.3, 0.4) is 0 Å². The predicted molar refractivity (Wildman–Crippen MR) is 107 cm³/mol. The van der Waals surface area contributed by atoms with Gasteiger partial charge >= 0.3 is 0 Å². The smallest absolute Gasteiger partial charge is 0.253 e. The Morgan fingerprint density at radius 3 is 2.33 bits per heavy atom. The minimum atomic E-state index is 0.0894. The van der Waals surface area contributed by atoms with Crippen molar-refractivity contribution in [3.63, 3.8) is 0 Å². The Bertz CT molecular complexity index is 651. The Balaban J connectivity index is 1.41. The first kappa shape index (κ1) is 19.8. The van der Waals surface area contributed by atoms with Gasteiger partial charge in [0, 0.05) is 43.8 Å². The maximum atomic E-state index is 12.6. The van der Waals surface area contributed by atoms with E-state index in [4.69, 9.17) is 0 Å². The lowest BCUT2D eigenvalue weighted by atomic mass is 10.0. The zero-order valence-corrected chi connectivity index (χ0v) is 16.8. The summed E-state index contributed by atoms with van der Waals surface area (Å²) in [7, 11) is 4.19. The van der Waals surface area contributed by atoms with Gasteiger partial charge in [0.25, 0.3) is 5.91 Å². The molecule has 0 saturated carbocycles. The van der Waals surface area contributed by atoms with E-state index in [0.717, 1.165) is 43.5 Å². The number of amides is 2. The van der Waals surface area contributed by atoms with Gasteiger partial charge in [-0.2, -0.15) is 0 Å². The lowest BCUT2D eigenvalue weighted by Crippen LogP contribution is -2.48. The average Bonchev–Trinajstić information content (AvgIpc) is 3.11. The largest absolute Gasteiger partial charge is 0.352 e. The van der Waals surface area contributed by atoms with Crippen LogP contribution in [0.5, 0.6) is 0 Å². The van der Waals surface area contributed by atoms with Crippen molar-refractivity contribution in [3.8, 4) is 0 Å².